The molecular weight excluding hydrogens is 1070 g/mol. The van der Waals surface area contributed by atoms with Gasteiger partial charge in [-0.15, -0.1) is 0 Å². The van der Waals surface area contributed by atoms with E-state index in [1.54, 1.807) is 32.4 Å². The summed E-state index contributed by atoms with van der Waals surface area (Å²) in [4.78, 5) is 58.1. The molecule has 0 saturated heterocycles. The van der Waals surface area contributed by atoms with E-state index in [9.17, 15) is 19.2 Å². The lowest BCUT2D eigenvalue weighted by molar-refractivity contribution is -0.145. The molecule has 0 heterocycles. The second kappa shape index (κ2) is 59.5. The van der Waals surface area contributed by atoms with Gasteiger partial charge in [0, 0.05) is 60.7 Å². The zero-order chi connectivity index (χ0) is 55.8. The van der Waals surface area contributed by atoms with E-state index in [1.807, 2.05) is 32.4 Å². The van der Waals surface area contributed by atoms with Gasteiger partial charge in [-0.3, -0.25) is 19.2 Å². The van der Waals surface area contributed by atoms with Crippen LogP contribution in [-0.4, -0.2) is 159 Å². The SMILES string of the molecule is CCCCCCCCSSCCOC(=O)CCN(CCCN(C)CCCN(CCC(=O)OCCSSCCCCCCCC)CCC(=O)OCCC(C)CCCC(C)C)CCC(=O)OCCSSCCCCCCCC. The van der Waals surface area contributed by atoms with Crippen LogP contribution in [0.25, 0.3) is 0 Å². The van der Waals surface area contributed by atoms with E-state index in [1.165, 1.54) is 128 Å². The molecule has 0 rings (SSSR count). The van der Waals surface area contributed by atoms with Crippen molar-refractivity contribution in [3.05, 3.63) is 0 Å². The smallest absolute Gasteiger partial charge is 0.307 e. The van der Waals surface area contributed by atoms with Gasteiger partial charge >= 0.3 is 23.9 Å². The van der Waals surface area contributed by atoms with Crippen molar-refractivity contribution >= 4 is 88.6 Å². The molecule has 0 aliphatic carbocycles. The summed E-state index contributed by atoms with van der Waals surface area (Å²) >= 11 is 0. The summed E-state index contributed by atoms with van der Waals surface area (Å²) in [5.74, 6) is 6.27. The van der Waals surface area contributed by atoms with Crippen LogP contribution in [-0.2, 0) is 38.1 Å². The zero-order valence-electron chi connectivity index (χ0n) is 49.7. The Hall–Kier alpha value is -0.140. The Morgan fingerprint density at radius 2 is 0.658 bits per heavy atom. The fraction of sp³-hybridized carbons (Fsp3) is 0.932. The summed E-state index contributed by atoms with van der Waals surface area (Å²) in [5.41, 5.74) is 0. The van der Waals surface area contributed by atoms with Crippen LogP contribution in [0.1, 0.15) is 221 Å². The summed E-state index contributed by atoms with van der Waals surface area (Å²) in [5, 5.41) is 0. The molecule has 0 aromatic rings. The molecule has 11 nitrogen and oxygen atoms in total. The third-order valence-corrected chi connectivity index (χ3v) is 20.6. The highest BCUT2D eigenvalue weighted by atomic mass is 33.1. The van der Waals surface area contributed by atoms with Crippen molar-refractivity contribution in [2.45, 2.75) is 221 Å². The third kappa shape index (κ3) is 57.1. The highest BCUT2D eigenvalue weighted by Crippen LogP contribution is 2.25. The molecule has 450 valence electrons. The Morgan fingerprint density at radius 3 is 1.00 bits per heavy atom. The lowest BCUT2D eigenvalue weighted by Crippen LogP contribution is -2.34. The maximum absolute atomic E-state index is 12.9. The van der Waals surface area contributed by atoms with Crippen LogP contribution >= 0.6 is 64.8 Å². The Labute approximate surface area is 491 Å². The largest absolute Gasteiger partial charge is 0.466 e. The van der Waals surface area contributed by atoms with Crippen molar-refractivity contribution in [3.63, 3.8) is 0 Å². The molecule has 0 fully saturated rings. The molecule has 0 aromatic carbocycles. The molecule has 76 heavy (non-hydrogen) atoms. The fourth-order valence-electron chi connectivity index (χ4n) is 8.34. The number of hydrogen-bond donors (Lipinski definition) is 0. The van der Waals surface area contributed by atoms with E-state index < -0.39 is 0 Å². The summed E-state index contributed by atoms with van der Waals surface area (Å²) in [6.45, 7) is 20.6. The Balaban J connectivity index is 5.08. The predicted octanol–water partition coefficient (Wildman–Crippen LogP) is 16.1. The van der Waals surface area contributed by atoms with Crippen LogP contribution in [0, 0.1) is 11.8 Å². The van der Waals surface area contributed by atoms with E-state index >= 15 is 0 Å². The summed E-state index contributed by atoms with van der Waals surface area (Å²) < 4.78 is 22.5. The number of carbonyl (C=O) groups excluding carboxylic acids is 4. The van der Waals surface area contributed by atoms with Gasteiger partial charge in [0.1, 0.15) is 19.8 Å². The van der Waals surface area contributed by atoms with Gasteiger partial charge in [-0.05, 0) is 83.6 Å². The molecule has 0 aliphatic rings. The van der Waals surface area contributed by atoms with E-state index in [0.717, 1.165) is 86.4 Å². The van der Waals surface area contributed by atoms with Crippen molar-refractivity contribution in [2.75, 3.05) is 120 Å². The average molecular weight is 1190 g/mol. The molecule has 0 bridgehead atoms. The Kier molecular flexibility index (Phi) is 59.4. The van der Waals surface area contributed by atoms with Crippen LogP contribution < -0.4 is 0 Å². The first-order valence-electron chi connectivity index (χ1n) is 30.5. The number of rotatable bonds is 60. The van der Waals surface area contributed by atoms with Crippen LogP contribution in [0.2, 0.25) is 0 Å². The van der Waals surface area contributed by atoms with Gasteiger partial charge < -0.3 is 33.6 Å². The maximum Gasteiger partial charge on any atom is 0.307 e. The molecule has 1 atom stereocenters. The first-order valence-corrected chi connectivity index (χ1v) is 38.0. The highest BCUT2D eigenvalue weighted by molar-refractivity contribution is 8.77. The first-order chi connectivity index (χ1) is 37.0. The van der Waals surface area contributed by atoms with E-state index in [-0.39, 0.29) is 23.9 Å². The number of carbonyl (C=O) groups is 4. The summed E-state index contributed by atoms with van der Waals surface area (Å²) in [6, 6.07) is 0. The van der Waals surface area contributed by atoms with E-state index in [4.69, 9.17) is 18.9 Å². The Bertz CT molecular complexity index is 1270. The highest BCUT2D eigenvalue weighted by Gasteiger charge is 2.16. The van der Waals surface area contributed by atoms with Gasteiger partial charge in [0.2, 0.25) is 0 Å². The van der Waals surface area contributed by atoms with Gasteiger partial charge in [0.15, 0.2) is 0 Å². The van der Waals surface area contributed by atoms with Crippen LogP contribution in [0.5, 0.6) is 0 Å². The minimum Gasteiger partial charge on any atom is -0.466 e. The van der Waals surface area contributed by atoms with Gasteiger partial charge in [0.25, 0.3) is 0 Å². The lowest BCUT2D eigenvalue weighted by Gasteiger charge is -2.25. The van der Waals surface area contributed by atoms with E-state index in [2.05, 4.69) is 63.3 Å². The van der Waals surface area contributed by atoms with Crippen molar-refractivity contribution in [1.82, 2.24) is 14.7 Å². The topological polar surface area (TPSA) is 115 Å². The number of hydrogen-bond acceptors (Lipinski definition) is 17. The number of ether oxygens (including phenoxy) is 4. The minimum atomic E-state index is -0.193. The minimum absolute atomic E-state index is 0.181. The monoisotopic (exact) mass is 1190 g/mol. The first kappa shape index (κ1) is 75.9. The molecule has 17 heteroatoms. The molecule has 1 unspecified atom stereocenters. The second-order valence-electron chi connectivity index (χ2n) is 21.0. The number of nitrogens with zero attached hydrogens (tertiary/aromatic N) is 3. The molecule has 0 aliphatic heterocycles. The predicted molar refractivity (Wildman–Crippen MR) is 339 cm³/mol. The average Bonchev–Trinajstić information content (AvgIpc) is 3.39. The zero-order valence-corrected chi connectivity index (χ0v) is 54.6. The van der Waals surface area contributed by atoms with E-state index in [0.29, 0.717) is 90.1 Å². The van der Waals surface area contributed by atoms with Crippen LogP contribution in [0.15, 0.2) is 0 Å². The molecule has 0 amide bonds. The lowest BCUT2D eigenvalue weighted by atomic mass is 9.98. The molecular formula is C59H115N3O8S6. The summed E-state index contributed by atoms with van der Waals surface area (Å²) in [6.07, 6.45) is 30.8. The Morgan fingerprint density at radius 1 is 0.342 bits per heavy atom. The molecule has 0 N–H and O–H groups in total. The maximum atomic E-state index is 12.9. The molecule has 0 aromatic heterocycles. The third-order valence-electron chi connectivity index (χ3n) is 13.2. The molecule has 0 saturated carbocycles. The van der Waals surface area contributed by atoms with Gasteiger partial charge in [-0.2, -0.15) is 0 Å². The second-order valence-corrected chi connectivity index (χ2v) is 29.1. The van der Waals surface area contributed by atoms with Crippen molar-refractivity contribution in [2.24, 2.45) is 11.8 Å². The normalized spacial score (nSPS) is 12.1. The number of esters is 4. The fourth-order valence-corrected chi connectivity index (χ4v) is 14.3. The van der Waals surface area contributed by atoms with Crippen LogP contribution in [0.3, 0.4) is 0 Å². The van der Waals surface area contributed by atoms with Gasteiger partial charge in [0.05, 0.1) is 32.3 Å². The van der Waals surface area contributed by atoms with Crippen molar-refractivity contribution in [1.29, 1.82) is 0 Å². The molecule has 0 radical (unpaired) electrons. The van der Waals surface area contributed by atoms with Gasteiger partial charge in [-0.1, -0.05) is 222 Å². The van der Waals surface area contributed by atoms with Crippen molar-refractivity contribution in [3.8, 4) is 0 Å². The number of unbranched alkanes of at least 4 members (excludes halogenated alkanes) is 15. The summed E-state index contributed by atoms with van der Waals surface area (Å²) in [7, 11) is 13.1. The van der Waals surface area contributed by atoms with Crippen molar-refractivity contribution < 1.29 is 38.1 Å². The molecule has 0 spiro atoms. The standard InChI is InChI=1S/C59H115N3O8S6/c1-8-11-14-17-20-23-48-71-74-51-45-68-57(64)32-41-61(40-31-56(63)67-44-35-55(6)30-26-29-54(4)5)38-27-36-60(7)37-28-39-62(42-33-58(65)69-46-52-75-72-49-24-21-18-15-12-9-2)43-34-59(66)70-47-53-76-73-50-25-22-19-16-13-10-3/h54-55H,8-53H2,1-7H3. The van der Waals surface area contributed by atoms with Gasteiger partial charge in [-0.25, -0.2) is 0 Å². The quantitative estimate of drug-likeness (QED) is 0.0249. The van der Waals surface area contributed by atoms with Crippen LogP contribution in [0.4, 0.5) is 0 Å².